The van der Waals surface area contributed by atoms with Crippen molar-refractivity contribution in [1.82, 2.24) is 5.32 Å². The first-order valence-corrected chi connectivity index (χ1v) is 5.46. The molecule has 0 bridgehead atoms. The van der Waals surface area contributed by atoms with Gasteiger partial charge in [-0.3, -0.25) is 0 Å². The van der Waals surface area contributed by atoms with E-state index in [9.17, 15) is 13.9 Å². The van der Waals surface area contributed by atoms with Crippen LogP contribution in [0.1, 0.15) is 25.3 Å². The number of aliphatic hydroxyl groups excluding tert-OH is 1. The number of rotatable bonds is 6. The number of benzene rings is 1. The minimum atomic E-state index is -0.829. The zero-order valence-electron chi connectivity index (χ0n) is 9.34. The van der Waals surface area contributed by atoms with Crippen LogP contribution in [-0.2, 0) is 6.54 Å². The molecule has 0 aliphatic heterocycles. The summed E-state index contributed by atoms with van der Waals surface area (Å²) in [7, 11) is 0. The summed E-state index contributed by atoms with van der Waals surface area (Å²) in [5, 5.41) is 12.4. The second kappa shape index (κ2) is 6.55. The van der Waals surface area contributed by atoms with Crippen molar-refractivity contribution in [2.75, 3.05) is 6.54 Å². The van der Waals surface area contributed by atoms with Crippen molar-refractivity contribution in [2.45, 2.75) is 32.4 Å². The van der Waals surface area contributed by atoms with Crippen molar-refractivity contribution in [3.05, 3.63) is 35.4 Å². The Balaban J connectivity index is 2.29. The van der Waals surface area contributed by atoms with Gasteiger partial charge in [0, 0.05) is 6.54 Å². The maximum absolute atomic E-state index is 12.8. The number of aliphatic hydroxyl groups is 1. The van der Waals surface area contributed by atoms with E-state index in [0.29, 0.717) is 25.1 Å². The lowest BCUT2D eigenvalue weighted by Crippen LogP contribution is -2.19. The molecule has 1 atom stereocenters. The summed E-state index contributed by atoms with van der Waals surface area (Å²) in [6, 6.07) is 3.84. The van der Waals surface area contributed by atoms with E-state index >= 15 is 0 Å². The number of nitrogens with one attached hydrogen (secondary N) is 1. The molecule has 0 spiro atoms. The Kier molecular flexibility index (Phi) is 5.35. The first-order valence-electron chi connectivity index (χ1n) is 5.46. The van der Waals surface area contributed by atoms with Gasteiger partial charge in [-0.25, -0.2) is 8.78 Å². The Labute approximate surface area is 94.3 Å². The van der Waals surface area contributed by atoms with E-state index in [2.05, 4.69) is 5.32 Å². The molecule has 0 amide bonds. The average Bonchev–Trinajstić information content (AvgIpc) is 2.28. The van der Waals surface area contributed by atoms with Gasteiger partial charge in [-0.05, 0) is 37.1 Å². The van der Waals surface area contributed by atoms with Gasteiger partial charge in [0.1, 0.15) is 0 Å². The van der Waals surface area contributed by atoms with Crippen LogP contribution in [0.25, 0.3) is 0 Å². The van der Waals surface area contributed by atoms with Gasteiger partial charge in [0.25, 0.3) is 0 Å². The third-order valence-corrected chi connectivity index (χ3v) is 2.44. The van der Waals surface area contributed by atoms with Crippen LogP contribution in [0, 0.1) is 11.6 Å². The van der Waals surface area contributed by atoms with Crippen LogP contribution >= 0.6 is 0 Å². The normalized spacial score (nSPS) is 12.8. The van der Waals surface area contributed by atoms with Crippen molar-refractivity contribution >= 4 is 0 Å². The summed E-state index contributed by atoms with van der Waals surface area (Å²) in [4.78, 5) is 0. The molecule has 1 aromatic carbocycles. The van der Waals surface area contributed by atoms with E-state index in [1.54, 1.807) is 6.07 Å². The van der Waals surface area contributed by atoms with Crippen molar-refractivity contribution in [2.24, 2.45) is 0 Å². The lowest BCUT2D eigenvalue weighted by atomic mass is 10.2. The molecular formula is C12H17F2NO. The van der Waals surface area contributed by atoms with Gasteiger partial charge >= 0.3 is 0 Å². The van der Waals surface area contributed by atoms with Crippen molar-refractivity contribution in [3.8, 4) is 0 Å². The second-order valence-electron chi connectivity index (χ2n) is 3.78. The van der Waals surface area contributed by atoms with Gasteiger partial charge in [0.05, 0.1) is 6.10 Å². The minimum Gasteiger partial charge on any atom is -0.393 e. The molecule has 0 aliphatic carbocycles. The Bertz CT molecular complexity index is 331. The van der Waals surface area contributed by atoms with Crippen LogP contribution in [0.5, 0.6) is 0 Å². The van der Waals surface area contributed by atoms with Crippen molar-refractivity contribution in [1.29, 1.82) is 0 Å². The highest BCUT2D eigenvalue weighted by Gasteiger charge is 2.03. The molecule has 1 rings (SSSR count). The van der Waals surface area contributed by atoms with Crippen LogP contribution in [-0.4, -0.2) is 17.8 Å². The molecular weight excluding hydrogens is 212 g/mol. The molecule has 0 fully saturated rings. The monoisotopic (exact) mass is 229 g/mol. The van der Waals surface area contributed by atoms with Crippen LogP contribution in [0.2, 0.25) is 0 Å². The molecule has 0 saturated heterocycles. The number of hydrogen-bond acceptors (Lipinski definition) is 2. The van der Waals surface area contributed by atoms with Crippen molar-refractivity contribution in [3.63, 3.8) is 0 Å². The Morgan fingerprint density at radius 1 is 1.31 bits per heavy atom. The van der Waals surface area contributed by atoms with Gasteiger partial charge in [-0.2, -0.15) is 0 Å². The molecule has 0 radical (unpaired) electrons. The Morgan fingerprint density at radius 3 is 2.69 bits per heavy atom. The molecule has 0 aliphatic rings. The fourth-order valence-electron chi connectivity index (χ4n) is 1.36. The quantitative estimate of drug-likeness (QED) is 0.733. The SMILES string of the molecule is CCC(O)CCNCc1ccc(F)c(F)c1. The zero-order chi connectivity index (χ0) is 12.0. The molecule has 1 unspecified atom stereocenters. The molecule has 0 aromatic heterocycles. The lowest BCUT2D eigenvalue weighted by molar-refractivity contribution is 0.159. The second-order valence-corrected chi connectivity index (χ2v) is 3.78. The predicted molar refractivity (Wildman–Crippen MR) is 59.0 cm³/mol. The standard InChI is InChI=1S/C12H17F2NO/c1-2-10(16)5-6-15-8-9-3-4-11(13)12(14)7-9/h3-4,7,10,15-16H,2,5-6,8H2,1H3. The summed E-state index contributed by atoms with van der Waals surface area (Å²) in [5.41, 5.74) is 0.699. The largest absolute Gasteiger partial charge is 0.393 e. The number of halogens is 2. The highest BCUT2D eigenvalue weighted by Crippen LogP contribution is 2.08. The predicted octanol–water partition coefficient (Wildman–Crippen LogP) is 2.22. The van der Waals surface area contributed by atoms with E-state index in [1.807, 2.05) is 6.92 Å². The fraction of sp³-hybridized carbons (Fsp3) is 0.500. The summed E-state index contributed by atoms with van der Waals surface area (Å²) in [6.07, 6.45) is 1.10. The third kappa shape index (κ3) is 4.24. The minimum absolute atomic E-state index is 0.294. The Hall–Kier alpha value is -1.00. The maximum Gasteiger partial charge on any atom is 0.159 e. The van der Waals surface area contributed by atoms with Crippen LogP contribution in [0.3, 0.4) is 0 Å². The highest BCUT2D eigenvalue weighted by molar-refractivity contribution is 5.17. The van der Waals surface area contributed by atoms with E-state index in [1.165, 1.54) is 6.07 Å². The Morgan fingerprint density at radius 2 is 2.06 bits per heavy atom. The van der Waals surface area contributed by atoms with Gasteiger partial charge < -0.3 is 10.4 Å². The van der Waals surface area contributed by atoms with Gasteiger partial charge in [-0.1, -0.05) is 13.0 Å². The molecule has 16 heavy (non-hydrogen) atoms. The molecule has 0 saturated carbocycles. The van der Waals surface area contributed by atoms with E-state index < -0.39 is 11.6 Å². The number of hydrogen-bond donors (Lipinski definition) is 2. The molecule has 90 valence electrons. The summed E-state index contributed by atoms with van der Waals surface area (Å²) < 4.78 is 25.4. The third-order valence-electron chi connectivity index (χ3n) is 2.44. The van der Waals surface area contributed by atoms with Crippen LogP contribution in [0.4, 0.5) is 8.78 Å². The first-order chi connectivity index (χ1) is 7.63. The van der Waals surface area contributed by atoms with Crippen LogP contribution < -0.4 is 5.32 Å². The average molecular weight is 229 g/mol. The van der Waals surface area contributed by atoms with Gasteiger partial charge in [0.2, 0.25) is 0 Å². The summed E-state index contributed by atoms with van der Waals surface area (Å²) in [6.45, 7) is 3.06. The van der Waals surface area contributed by atoms with E-state index in [4.69, 9.17) is 0 Å². The molecule has 2 N–H and O–H groups in total. The molecule has 1 aromatic rings. The van der Waals surface area contributed by atoms with E-state index in [-0.39, 0.29) is 6.10 Å². The van der Waals surface area contributed by atoms with E-state index in [0.717, 1.165) is 12.5 Å². The topological polar surface area (TPSA) is 32.3 Å². The molecule has 2 nitrogen and oxygen atoms in total. The lowest BCUT2D eigenvalue weighted by Gasteiger charge is -2.08. The summed E-state index contributed by atoms with van der Waals surface area (Å²) in [5.74, 6) is -1.65. The zero-order valence-corrected chi connectivity index (χ0v) is 9.34. The summed E-state index contributed by atoms with van der Waals surface area (Å²) >= 11 is 0. The van der Waals surface area contributed by atoms with Gasteiger partial charge in [-0.15, -0.1) is 0 Å². The van der Waals surface area contributed by atoms with Crippen molar-refractivity contribution < 1.29 is 13.9 Å². The van der Waals surface area contributed by atoms with Crippen LogP contribution in [0.15, 0.2) is 18.2 Å². The molecule has 0 heterocycles. The highest BCUT2D eigenvalue weighted by atomic mass is 19.2. The fourth-order valence-corrected chi connectivity index (χ4v) is 1.36. The molecule has 4 heteroatoms. The maximum atomic E-state index is 12.8. The van der Waals surface area contributed by atoms with Gasteiger partial charge in [0.15, 0.2) is 11.6 Å². The first kappa shape index (κ1) is 13.1. The smallest absolute Gasteiger partial charge is 0.159 e.